The molecule has 0 amide bonds. The quantitative estimate of drug-likeness (QED) is 0.237. The highest BCUT2D eigenvalue weighted by atomic mass is 14.9. The minimum absolute atomic E-state index is 0.339. The van der Waals surface area contributed by atoms with Gasteiger partial charge in [0, 0.05) is 46.6 Å². The maximum atomic E-state index is 5.08. The van der Waals surface area contributed by atoms with E-state index in [0.29, 0.717) is 11.8 Å². The van der Waals surface area contributed by atoms with Crippen LogP contribution < -0.4 is 0 Å². The normalized spacial score (nSPS) is 13.5. The molecule has 1 aliphatic rings. The first-order chi connectivity index (χ1) is 19.5. The highest BCUT2D eigenvalue weighted by Crippen LogP contribution is 2.44. The SMILES string of the molecule is CC(C)C1=Nc2c(c3ccc(-c4ccc5c(c4)c4ccccc4c4nc(C(C)C)[nH]c54)cc3c3ccncc23)C1. The van der Waals surface area contributed by atoms with Crippen LogP contribution in [0.1, 0.15) is 45.0 Å². The van der Waals surface area contributed by atoms with Crippen molar-refractivity contribution in [1.29, 1.82) is 0 Å². The molecule has 4 nitrogen and oxygen atoms in total. The molecule has 3 heterocycles. The fraction of sp³-hybridized carbons (Fsp3) is 0.194. The number of hydrogen-bond acceptors (Lipinski definition) is 3. The monoisotopic (exact) mass is 518 g/mol. The summed E-state index contributed by atoms with van der Waals surface area (Å²) in [6, 6.07) is 24.6. The summed E-state index contributed by atoms with van der Waals surface area (Å²) in [6.07, 6.45) is 4.79. The molecule has 5 aromatic carbocycles. The molecule has 1 N–H and O–H groups in total. The number of nitrogens with zero attached hydrogens (tertiary/aromatic N) is 3. The Morgan fingerprint density at radius 2 is 1.38 bits per heavy atom. The van der Waals surface area contributed by atoms with Gasteiger partial charge >= 0.3 is 0 Å². The van der Waals surface area contributed by atoms with Crippen molar-refractivity contribution in [3.8, 4) is 11.1 Å². The zero-order chi connectivity index (χ0) is 27.1. The Kier molecular flexibility index (Phi) is 4.94. The van der Waals surface area contributed by atoms with Crippen LogP contribution in [0.5, 0.6) is 0 Å². The maximum absolute atomic E-state index is 5.08. The van der Waals surface area contributed by atoms with Gasteiger partial charge in [-0.2, -0.15) is 0 Å². The predicted octanol–water partition coefficient (Wildman–Crippen LogP) is 9.65. The number of aromatic nitrogens is 3. The lowest BCUT2D eigenvalue weighted by atomic mass is 9.90. The summed E-state index contributed by atoms with van der Waals surface area (Å²) in [5.41, 5.74) is 8.30. The molecule has 0 aliphatic carbocycles. The van der Waals surface area contributed by atoms with E-state index in [0.717, 1.165) is 34.4 Å². The zero-order valence-electron chi connectivity index (χ0n) is 23.2. The summed E-state index contributed by atoms with van der Waals surface area (Å²) in [4.78, 5) is 18.2. The number of nitrogens with one attached hydrogen (secondary N) is 1. The molecule has 0 spiro atoms. The second-order valence-electron chi connectivity index (χ2n) is 11.7. The Hall–Kier alpha value is -4.57. The van der Waals surface area contributed by atoms with Gasteiger partial charge in [0.2, 0.25) is 0 Å². The van der Waals surface area contributed by atoms with Crippen molar-refractivity contribution in [1.82, 2.24) is 15.0 Å². The highest BCUT2D eigenvalue weighted by Gasteiger charge is 2.23. The number of aromatic amines is 1. The van der Waals surface area contributed by atoms with Crippen molar-refractivity contribution < 1.29 is 0 Å². The molecule has 0 saturated carbocycles. The van der Waals surface area contributed by atoms with E-state index in [-0.39, 0.29) is 0 Å². The van der Waals surface area contributed by atoms with Crippen molar-refractivity contribution in [3.05, 3.63) is 90.5 Å². The third-order valence-electron chi connectivity index (χ3n) is 8.64. The molecule has 0 radical (unpaired) electrons. The Balaban J connectivity index is 1.37. The van der Waals surface area contributed by atoms with Gasteiger partial charge in [-0.1, -0.05) is 76.2 Å². The second kappa shape index (κ2) is 8.46. The van der Waals surface area contributed by atoms with Gasteiger partial charge in [-0.25, -0.2) is 4.98 Å². The number of hydrogen-bond donors (Lipinski definition) is 1. The molecule has 8 rings (SSSR count). The summed E-state index contributed by atoms with van der Waals surface area (Å²) in [5.74, 6) is 1.80. The molecular weight excluding hydrogens is 488 g/mol. The van der Waals surface area contributed by atoms with Crippen molar-refractivity contribution in [2.24, 2.45) is 10.9 Å². The van der Waals surface area contributed by atoms with Crippen LogP contribution in [0.2, 0.25) is 0 Å². The number of benzene rings is 5. The largest absolute Gasteiger partial charge is 0.341 e. The van der Waals surface area contributed by atoms with E-state index >= 15 is 0 Å². The summed E-state index contributed by atoms with van der Waals surface area (Å²) >= 11 is 0. The van der Waals surface area contributed by atoms with E-state index in [2.05, 4.69) is 104 Å². The van der Waals surface area contributed by atoms with Crippen LogP contribution in [0, 0.1) is 5.92 Å². The summed E-state index contributed by atoms with van der Waals surface area (Å²) in [7, 11) is 0. The average molecular weight is 519 g/mol. The standard InChI is InChI=1S/C36H30N4/c1-19(2)32-17-30-24-11-9-21(15-28(24)25-13-14-37-18-31(25)33(30)38-32)22-10-12-27-29(16-22)23-7-5-6-8-26(23)34-35(27)40-36(39-34)20(3)4/h5-16,18-20H,17H2,1-4H3,(H,39,40). The summed E-state index contributed by atoms with van der Waals surface area (Å²) < 4.78 is 0. The van der Waals surface area contributed by atoms with Gasteiger partial charge in [0.05, 0.1) is 16.7 Å². The van der Waals surface area contributed by atoms with E-state index < -0.39 is 0 Å². The van der Waals surface area contributed by atoms with Crippen LogP contribution in [-0.2, 0) is 6.42 Å². The van der Waals surface area contributed by atoms with Crippen molar-refractivity contribution >= 4 is 65.5 Å². The molecule has 1 aliphatic heterocycles. The van der Waals surface area contributed by atoms with E-state index in [1.165, 1.54) is 60.1 Å². The first-order valence-electron chi connectivity index (χ1n) is 14.2. The molecular formula is C36H30N4. The molecule has 0 saturated heterocycles. The highest BCUT2D eigenvalue weighted by molar-refractivity contribution is 6.24. The molecule has 194 valence electrons. The van der Waals surface area contributed by atoms with Gasteiger partial charge in [-0.05, 0) is 67.7 Å². The van der Waals surface area contributed by atoms with Gasteiger partial charge < -0.3 is 4.98 Å². The van der Waals surface area contributed by atoms with Crippen LogP contribution in [0.25, 0.3) is 65.3 Å². The smallest absolute Gasteiger partial charge is 0.109 e. The molecule has 0 bridgehead atoms. The molecule has 2 aromatic heterocycles. The van der Waals surface area contributed by atoms with Crippen LogP contribution in [-0.4, -0.2) is 20.7 Å². The number of imidazole rings is 1. The molecule has 0 fully saturated rings. The number of fused-ring (bicyclic) bond motifs is 12. The summed E-state index contributed by atoms with van der Waals surface area (Å²) in [6.45, 7) is 8.83. The lowest BCUT2D eigenvalue weighted by Gasteiger charge is -2.13. The van der Waals surface area contributed by atoms with Gasteiger partial charge in [-0.3, -0.25) is 9.98 Å². The number of pyridine rings is 1. The molecule has 0 unspecified atom stereocenters. The zero-order valence-corrected chi connectivity index (χ0v) is 23.2. The summed E-state index contributed by atoms with van der Waals surface area (Å²) in [5, 5.41) is 9.81. The lowest BCUT2D eigenvalue weighted by Crippen LogP contribution is -2.06. The molecule has 4 heteroatoms. The fourth-order valence-electron chi connectivity index (χ4n) is 6.47. The third kappa shape index (κ3) is 3.29. The Labute approximate surface area is 232 Å². The molecule has 0 atom stereocenters. The maximum Gasteiger partial charge on any atom is 0.109 e. The van der Waals surface area contributed by atoms with Crippen molar-refractivity contribution in [3.63, 3.8) is 0 Å². The average Bonchev–Trinajstić information content (AvgIpc) is 3.64. The van der Waals surface area contributed by atoms with Crippen molar-refractivity contribution in [2.75, 3.05) is 0 Å². The minimum atomic E-state index is 0.339. The molecule has 7 aromatic rings. The first kappa shape index (κ1) is 23.3. The van der Waals surface area contributed by atoms with E-state index in [1.807, 2.05) is 12.4 Å². The van der Waals surface area contributed by atoms with Crippen molar-refractivity contribution in [2.45, 2.75) is 40.0 Å². The van der Waals surface area contributed by atoms with Gasteiger partial charge in [0.15, 0.2) is 0 Å². The first-order valence-corrected chi connectivity index (χ1v) is 14.2. The molecule has 40 heavy (non-hydrogen) atoms. The number of rotatable bonds is 3. The van der Waals surface area contributed by atoms with Crippen LogP contribution in [0.15, 0.2) is 84.1 Å². The number of H-pyrrole nitrogens is 1. The topological polar surface area (TPSA) is 53.9 Å². The minimum Gasteiger partial charge on any atom is -0.341 e. The van der Waals surface area contributed by atoms with Gasteiger partial charge in [-0.15, -0.1) is 0 Å². The Morgan fingerprint density at radius 3 is 2.12 bits per heavy atom. The number of aliphatic imine (C=N–C) groups is 1. The van der Waals surface area contributed by atoms with Crippen LogP contribution >= 0.6 is 0 Å². The second-order valence-corrected chi connectivity index (χ2v) is 11.7. The Morgan fingerprint density at radius 1 is 0.675 bits per heavy atom. The Bertz CT molecular complexity index is 2200. The van der Waals surface area contributed by atoms with Gasteiger partial charge in [0.1, 0.15) is 5.82 Å². The lowest BCUT2D eigenvalue weighted by molar-refractivity contribution is 0.799. The van der Waals surface area contributed by atoms with Gasteiger partial charge in [0.25, 0.3) is 0 Å². The van der Waals surface area contributed by atoms with Crippen LogP contribution in [0.4, 0.5) is 5.69 Å². The van der Waals surface area contributed by atoms with E-state index in [4.69, 9.17) is 9.98 Å². The third-order valence-corrected chi connectivity index (χ3v) is 8.64. The van der Waals surface area contributed by atoms with Crippen LogP contribution in [0.3, 0.4) is 0 Å². The van der Waals surface area contributed by atoms with E-state index in [9.17, 15) is 0 Å². The predicted molar refractivity (Wildman–Crippen MR) is 169 cm³/mol. The fourth-order valence-corrected chi connectivity index (χ4v) is 6.47. The van der Waals surface area contributed by atoms with E-state index in [1.54, 1.807) is 0 Å².